The minimum Gasteiger partial charge on any atom is -0.454 e. The molecule has 1 fully saturated rings. The molecule has 2 aliphatic heterocycles. The smallest absolute Gasteiger partial charge is 0.238 e. The Hall–Kier alpha value is -2.67. The number of hydrogen-bond donors (Lipinski definition) is 1. The molecule has 2 aromatic rings. The number of anilines is 2. The molecule has 1 N–H and O–H groups in total. The zero-order chi connectivity index (χ0) is 18.1. The number of nitrogens with zero attached hydrogens (tertiary/aromatic N) is 1. The van der Waals surface area contributed by atoms with Gasteiger partial charge in [0.15, 0.2) is 11.5 Å². The van der Waals surface area contributed by atoms with Crippen LogP contribution in [0.3, 0.4) is 0 Å². The molecule has 2 heterocycles. The maximum Gasteiger partial charge on any atom is 0.238 e. The van der Waals surface area contributed by atoms with E-state index in [2.05, 4.69) is 5.32 Å². The zero-order valence-corrected chi connectivity index (χ0v) is 15.0. The first-order valence-corrected chi connectivity index (χ1v) is 9.43. The van der Waals surface area contributed by atoms with Crippen molar-refractivity contribution in [1.82, 2.24) is 0 Å². The molecule has 0 unspecified atom stereocenters. The molecule has 2 aliphatic rings. The lowest BCUT2D eigenvalue weighted by Gasteiger charge is -2.25. The lowest BCUT2D eigenvalue weighted by molar-refractivity contribution is -0.116. The molecule has 1 atom stereocenters. The third-order valence-electron chi connectivity index (χ3n) is 4.28. The van der Waals surface area contributed by atoms with Crippen molar-refractivity contribution in [3.05, 3.63) is 48.0 Å². The van der Waals surface area contributed by atoms with Gasteiger partial charge in [0.2, 0.25) is 18.6 Å². The molecule has 0 bridgehead atoms. The molecule has 26 heavy (non-hydrogen) atoms. The molecule has 0 spiro atoms. The fraction of sp³-hybridized carbons (Fsp3) is 0.263. The average Bonchev–Trinajstić information content (AvgIpc) is 3.27. The van der Waals surface area contributed by atoms with Gasteiger partial charge in [-0.15, -0.1) is 11.8 Å². The first kappa shape index (κ1) is 16.8. The largest absolute Gasteiger partial charge is 0.454 e. The van der Waals surface area contributed by atoms with E-state index in [0.29, 0.717) is 23.7 Å². The van der Waals surface area contributed by atoms with Crippen LogP contribution >= 0.6 is 11.8 Å². The van der Waals surface area contributed by atoms with Gasteiger partial charge in [-0.25, -0.2) is 0 Å². The van der Waals surface area contributed by atoms with Gasteiger partial charge in [-0.2, -0.15) is 0 Å². The Balaban J connectivity index is 1.64. The van der Waals surface area contributed by atoms with Gasteiger partial charge in [0, 0.05) is 23.9 Å². The van der Waals surface area contributed by atoms with Crippen LogP contribution in [0, 0.1) is 0 Å². The van der Waals surface area contributed by atoms with Crippen LogP contribution in [0.4, 0.5) is 11.4 Å². The third kappa shape index (κ3) is 3.10. The van der Waals surface area contributed by atoms with E-state index >= 15 is 0 Å². The number of hydrogen-bond acceptors (Lipinski definition) is 5. The minimum atomic E-state index is -0.152. The van der Waals surface area contributed by atoms with Gasteiger partial charge in [-0.3, -0.25) is 14.5 Å². The minimum absolute atomic E-state index is 0.0371. The molecule has 4 rings (SSSR count). The normalized spacial score (nSPS) is 18.3. The Morgan fingerprint density at radius 2 is 2.08 bits per heavy atom. The monoisotopic (exact) mass is 370 g/mol. The molecule has 2 aromatic carbocycles. The Bertz CT molecular complexity index is 870. The topological polar surface area (TPSA) is 67.9 Å². The Morgan fingerprint density at radius 3 is 2.92 bits per heavy atom. The van der Waals surface area contributed by atoms with Crippen molar-refractivity contribution < 1.29 is 19.1 Å². The lowest BCUT2D eigenvalue weighted by atomic mass is 10.1. The number of thioether (sulfide) groups is 1. The molecule has 134 valence electrons. The summed E-state index contributed by atoms with van der Waals surface area (Å²) in [6, 6.07) is 13.2. The summed E-state index contributed by atoms with van der Waals surface area (Å²) < 4.78 is 10.8. The highest BCUT2D eigenvalue weighted by Gasteiger charge is 2.35. The highest BCUT2D eigenvalue weighted by Crippen LogP contribution is 2.45. The number of benzene rings is 2. The lowest BCUT2D eigenvalue weighted by Crippen LogP contribution is -2.27. The number of rotatable bonds is 4. The van der Waals surface area contributed by atoms with Gasteiger partial charge in [-0.05, 0) is 29.8 Å². The SMILES string of the molecule is CCC(=O)Nc1cccc([C@@H]2SCC(=O)N2c2ccc3c(c2)OCO3)c1. The van der Waals surface area contributed by atoms with Gasteiger partial charge >= 0.3 is 0 Å². The Labute approximate surface area is 155 Å². The van der Waals surface area contributed by atoms with E-state index in [9.17, 15) is 9.59 Å². The summed E-state index contributed by atoms with van der Waals surface area (Å²) in [5.74, 6) is 1.75. The second-order valence-electron chi connectivity index (χ2n) is 5.99. The summed E-state index contributed by atoms with van der Waals surface area (Å²) in [7, 11) is 0. The van der Waals surface area contributed by atoms with Crippen LogP contribution in [0.1, 0.15) is 24.3 Å². The van der Waals surface area contributed by atoms with Crippen molar-refractivity contribution >= 4 is 35.0 Å². The molecule has 0 aromatic heterocycles. The van der Waals surface area contributed by atoms with Crippen LogP contribution in [0.15, 0.2) is 42.5 Å². The van der Waals surface area contributed by atoms with Crippen LogP contribution < -0.4 is 19.7 Å². The molecule has 6 nitrogen and oxygen atoms in total. The molecule has 2 amide bonds. The van der Waals surface area contributed by atoms with E-state index in [-0.39, 0.29) is 24.0 Å². The van der Waals surface area contributed by atoms with Gasteiger partial charge in [0.25, 0.3) is 0 Å². The van der Waals surface area contributed by atoms with Crippen molar-refractivity contribution in [2.45, 2.75) is 18.7 Å². The Morgan fingerprint density at radius 1 is 1.23 bits per heavy atom. The molecule has 7 heteroatoms. The summed E-state index contributed by atoms with van der Waals surface area (Å²) in [6.45, 7) is 2.01. The maximum absolute atomic E-state index is 12.5. The molecule has 0 radical (unpaired) electrons. The first-order valence-electron chi connectivity index (χ1n) is 8.39. The second-order valence-corrected chi connectivity index (χ2v) is 7.06. The van der Waals surface area contributed by atoms with Crippen molar-refractivity contribution in [2.75, 3.05) is 22.8 Å². The van der Waals surface area contributed by atoms with E-state index in [4.69, 9.17) is 9.47 Å². The highest BCUT2D eigenvalue weighted by molar-refractivity contribution is 8.00. The van der Waals surface area contributed by atoms with Crippen molar-refractivity contribution in [3.63, 3.8) is 0 Å². The van der Waals surface area contributed by atoms with Crippen LogP contribution in [-0.2, 0) is 9.59 Å². The predicted octanol–water partition coefficient (Wildman–Crippen LogP) is 3.54. The van der Waals surface area contributed by atoms with Crippen molar-refractivity contribution in [1.29, 1.82) is 0 Å². The van der Waals surface area contributed by atoms with E-state index in [1.807, 2.05) is 49.4 Å². The van der Waals surface area contributed by atoms with Gasteiger partial charge in [0.05, 0.1) is 5.75 Å². The Kier molecular flexibility index (Phi) is 4.46. The predicted molar refractivity (Wildman–Crippen MR) is 101 cm³/mol. The number of carbonyl (C=O) groups is 2. The summed E-state index contributed by atoms with van der Waals surface area (Å²) in [6.07, 6.45) is 0.421. The average molecular weight is 370 g/mol. The van der Waals surface area contributed by atoms with Crippen molar-refractivity contribution in [2.24, 2.45) is 0 Å². The van der Waals surface area contributed by atoms with Gasteiger partial charge in [-0.1, -0.05) is 19.1 Å². The summed E-state index contributed by atoms with van der Waals surface area (Å²) >= 11 is 1.56. The summed E-state index contributed by atoms with van der Waals surface area (Å²) in [5, 5.41) is 2.72. The molecule has 0 saturated carbocycles. The third-order valence-corrected chi connectivity index (χ3v) is 5.49. The van der Waals surface area contributed by atoms with Crippen LogP contribution in [0.25, 0.3) is 0 Å². The quantitative estimate of drug-likeness (QED) is 0.892. The molecular weight excluding hydrogens is 352 g/mol. The van der Waals surface area contributed by atoms with E-state index in [0.717, 1.165) is 16.9 Å². The molecular formula is C19H18N2O4S. The number of carbonyl (C=O) groups excluding carboxylic acids is 2. The standard InChI is InChI=1S/C19H18N2O4S/c1-2-17(22)20-13-5-3-4-12(8-13)19-21(18(23)10-26-19)14-6-7-15-16(9-14)25-11-24-15/h3-9,19H,2,10-11H2,1H3,(H,20,22)/t19-/m0/s1. The number of fused-ring (bicyclic) bond motifs is 1. The van der Waals surface area contributed by atoms with Gasteiger partial charge in [0.1, 0.15) is 5.37 Å². The van der Waals surface area contributed by atoms with E-state index < -0.39 is 0 Å². The van der Waals surface area contributed by atoms with E-state index in [1.165, 1.54) is 0 Å². The summed E-state index contributed by atoms with van der Waals surface area (Å²) in [4.78, 5) is 26.0. The zero-order valence-electron chi connectivity index (χ0n) is 14.2. The number of amides is 2. The van der Waals surface area contributed by atoms with Crippen molar-refractivity contribution in [3.8, 4) is 11.5 Å². The van der Waals surface area contributed by atoms with Gasteiger partial charge < -0.3 is 14.8 Å². The maximum atomic E-state index is 12.5. The fourth-order valence-electron chi connectivity index (χ4n) is 3.00. The molecule has 1 saturated heterocycles. The molecule has 0 aliphatic carbocycles. The van der Waals surface area contributed by atoms with Crippen LogP contribution in [-0.4, -0.2) is 24.4 Å². The second kappa shape index (κ2) is 6.92. The summed E-state index contributed by atoms with van der Waals surface area (Å²) in [5.41, 5.74) is 2.48. The van der Waals surface area contributed by atoms with E-state index in [1.54, 1.807) is 16.7 Å². The fourth-order valence-corrected chi connectivity index (χ4v) is 4.17. The highest BCUT2D eigenvalue weighted by atomic mass is 32.2. The van der Waals surface area contributed by atoms with Crippen LogP contribution in [0.5, 0.6) is 11.5 Å². The number of nitrogens with one attached hydrogen (secondary N) is 1. The first-order chi connectivity index (χ1) is 12.7. The number of ether oxygens (including phenoxy) is 2. The van der Waals surface area contributed by atoms with Crippen LogP contribution in [0.2, 0.25) is 0 Å².